The van der Waals surface area contributed by atoms with Crippen LogP contribution < -0.4 is 5.32 Å². The van der Waals surface area contributed by atoms with Gasteiger partial charge in [-0.25, -0.2) is 0 Å². The number of hydrogen-bond donors (Lipinski definition) is 1. The zero-order valence-corrected chi connectivity index (χ0v) is 18.0. The Bertz CT molecular complexity index is 848. The van der Waals surface area contributed by atoms with Gasteiger partial charge >= 0.3 is 0 Å². The molecular formula is C24H30N2O2S. The van der Waals surface area contributed by atoms with Gasteiger partial charge in [0.25, 0.3) is 0 Å². The predicted octanol–water partition coefficient (Wildman–Crippen LogP) is 4.50. The van der Waals surface area contributed by atoms with Crippen molar-refractivity contribution in [1.29, 1.82) is 0 Å². The first kappa shape index (κ1) is 20.1. The summed E-state index contributed by atoms with van der Waals surface area (Å²) >= 11 is 1.73. The molecular weight excluding hydrogens is 380 g/mol. The summed E-state index contributed by atoms with van der Waals surface area (Å²) in [6, 6.07) is 12.6. The highest BCUT2D eigenvalue weighted by atomic mass is 32.1. The van der Waals surface area contributed by atoms with E-state index in [2.05, 4.69) is 47.1 Å². The molecule has 0 spiro atoms. The normalized spacial score (nSPS) is 19.3. The molecule has 0 bridgehead atoms. The number of amides is 2. The molecule has 4 nitrogen and oxygen atoms in total. The summed E-state index contributed by atoms with van der Waals surface area (Å²) in [5.41, 5.74) is 1.98. The molecule has 2 aliphatic rings. The van der Waals surface area contributed by atoms with Crippen LogP contribution in [0, 0.1) is 11.3 Å². The lowest BCUT2D eigenvalue weighted by atomic mass is 9.72. The first-order valence-corrected chi connectivity index (χ1v) is 11.6. The molecule has 1 aliphatic carbocycles. The van der Waals surface area contributed by atoms with Gasteiger partial charge in [-0.15, -0.1) is 11.3 Å². The highest BCUT2D eigenvalue weighted by Gasteiger charge is 2.43. The van der Waals surface area contributed by atoms with E-state index in [1.165, 1.54) is 28.8 Å². The van der Waals surface area contributed by atoms with Crippen LogP contribution in [0.3, 0.4) is 0 Å². The molecule has 1 N–H and O–H groups in total. The average molecular weight is 411 g/mol. The Morgan fingerprint density at radius 3 is 2.48 bits per heavy atom. The molecule has 0 unspecified atom stereocenters. The van der Waals surface area contributed by atoms with Gasteiger partial charge in [0.2, 0.25) is 11.8 Å². The summed E-state index contributed by atoms with van der Waals surface area (Å²) in [5, 5.41) is 5.00. The summed E-state index contributed by atoms with van der Waals surface area (Å²) < 4.78 is 0. The average Bonchev–Trinajstić information content (AvgIpc) is 3.48. The fourth-order valence-electron chi connectivity index (χ4n) is 5.05. The second-order valence-corrected chi connectivity index (χ2v) is 9.43. The van der Waals surface area contributed by atoms with Crippen molar-refractivity contribution in [1.82, 2.24) is 10.2 Å². The summed E-state index contributed by atoms with van der Waals surface area (Å²) in [6.07, 6.45) is 6.58. The maximum absolute atomic E-state index is 13.0. The minimum Gasteiger partial charge on any atom is -0.359 e. The Kier molecular flexibility index (Phi) is 6.04. The Morgan fingerprint density at radius 2 is 1.83 bits per heavy atom. The van der Waals surface area contributed by atoms with Crippen LogP contribution in [0.2, 0.25) is 0 Å². The van der Waals surface area contributed by atoms with E-state index >= 15 is 0 Å². The van der Waals surface area contributed by atoms with Gasteiger partial charge in [0.1, 0.15) is 0 Å². The number of thiophene rings is 1. The van der Waals surface area contributed by atoms with Crippen LogP contribution in [0.1, 0.15) is 44.1 Å². The van der Waals surface area contributed by atoms with Gasteiger partial charge < -0.3 is 10.2 Å². The standard InChI is InChI=1S/C24H30N2O2S/c1-25-23(28)24(12-14-26(15-13-24)22(27)18-7-2-3-8-18)17-19-9-4-5-10-20(19)21-11-6-16-29-21/h4-6,9-11,16,18H,2-3,7-8,12-15,17H2,1H3,(H,25,28). The van der Waals surface area contributed by atoms with Crippen molar-refractivity contribution in [3.8, 4) is 10.4 Å². The van der Waals surface area contributed by atoms with Gasteiger partial charge in [-0.2, -0.15) is 0 Å². The highest BCUT2D eigenvalue weighted by molar-refractivity contribution is 7.13. The number of benzene rings is 1. The Balaban J connectivity index is 1.54. The van der Waals surface area contributed by atoms with Gasteiger partial charge in [0.15, 0.2) is 0 Å². The number of hydrogen-bond acceptors (Lipinski definition) is 3. The molecule has 0 atom stereocenters. The first-order valence-electron chi connectivity index (χ1n) is 10.8. The number of rotatable bonds is 5. The molecule has 4 rings (SSSR count). The molecule has 29 heavy (non-hydrogen) atoms. The number of piperidine rings is 1. The maximum atomic E-state index is 13.0. The minimum absolute atomic E-state index is 0.103. The Hall–Kier alpha value is -2.14. The molecule has 2 amide bonds. The zero-order valence-electron chi connectivity index (χ0n) is 17.2. The van der Waals surface area contributed by atoms with Crippen LogP contribution in [0.5, 0.6) is 0 Å². The lowest BCUT2D eigenvalue weighted by Crippen LogP contribution is -2.51. The van der Waals surface area contributed by atoms with E-state index in [0.29, 0.717) is 25.4 Å². The Morgan fingerprint density at radius 1 is 1.10 bits per heavy atom. The number of nitrogens with one attached hydrogen (secondary N) is 1. The monoisotopic (exact) mass is 410 g/mol. The molecule has 2 heterocycles. The summed E-state index contributed by atoms with van der Waals surface area (Å²) in [5.74, 6) is 0.625. The summed E-state index contributed by atoms with van der Waals surface area (Å²) in [6.45, 7) is 1.37. The SMILES string of the molecule is CNC(=O)C1(Cc2ccccc2-c2cccs2)CCN(C(=O)C2CCCC2)CC1. The van der Waals surface area contributed by atoms with Crippen LogP contribution in [-0.2, 0) is 16.0 Å². The third-order valence-electron chi connectivity index (χ3n) is 6.78. The summed E-state index contributed by atoms with van der Waals surface area (Å²) in [7, 11) is 1.73. The number of nitrogens with zero attached hydrogens (tertiary/aromatic N) is 1. The second kappa shape index (κ2) is 8.70. The number of carbonyl (C=O) groups excluding carboxylic acids is 2. The van der Waals surface area contributed by atoms with E-state index in [9.17, 15) is 9.59 Å². The van der Waals surface area contributed by atoms with Gasteiger partial charge in [-0.05, 0) is 54.7 Å². The number of carbonyl (C=O) groups is 2. The van der Waals surface area contributed by atoms with Crippen molar-refractivity contribution in [3.05, 3.63) is 47.3 Å². The van der Waals surface area contributed by atoms with Gasteiger partial charge in [0.05, 0.1) is 5.41 Å². The maximum Gasteiger partial charge on any atom is 0.226 e. The van der Waals surface area contributed by atoms with Crippen molar-refractivity contribution >= 4 is 23.2 Å². The molecule has 154 valence electrons. The van der Waals surface area contributed by atoms with Crippen LogP contribution in [0.15, 0.2) is 41.8 Å². The van der Waals surface area contributed by atoms with E-state index in [4.69, 9.17) is 0 Å². The van der Waals surface area contributed by atoms with Crippen LogP contribution in [0.4, 0.5) is 0 Å². The van der Waals surface area contributed by atoms with E-state index < -0.39 is 5.41 Å². The van der Waals surface area contributed by atoms with Gasteiger partial charge in [-0.1, -0.05) is 43.2 Å². The Labute approximate surface area is 177 Å². The zero-order chi connectivity index (χ0) is 20.3. The topological polar surface area (TPSA) is 49.4 Å². The van der Waals surface area contributed by atoms with E-state index in [1.54, 1.807) is 18.4 Å². The van der Waals surface area contributed by atoms with E-state index in [0.717, 1.165) is 25.7 Å². The number of likely N-dealkylation sites (tertiary alicyclic amines) is 1. The van der Waals surface area contributed by atoms with Crippen LogP contribution >= 0.6 is 11.3 Å². The molecule has 1 aromatic heterocycles. The molecule has 1 saturated carbocycles. The van der Waals surface area contributed by atoms with Crippen LogP contribution in [0.25, 0.3) is 10.4 Å². The van der Waals surface area contributed by atoms with Crippen molar-refractivity contribution in [2.45, 2.75) is 44.9 Å². The van der Waals surface area contributed by atoms with Crippen molar-refractivity contribution in [2.75, 3.05) is 20.1 Å². The largest absolute Gasteiger partial charge is 0.359 e. The lowest BCUT2D eigenvalue weighted by Gasteiger charge is -2.41. The second-order valence-electron chi connectivity index (χ2n) is 8.48. The lowest BCUT2D eigenvalue weighted by molar-refractivity contribution is -0.142. The van der Waals surface area contributed by atoms with Crippen molar-refractivity contribution in [2.24, 2.45) is 11.3 Å². The molecule has 1 saturated heterocycles. The third-order valence-corrected chi connectivity index (χ3v) is 7.68. The van der Waals surface area contributed by atoms with E-state index in [1.807, 2.05) is 4.90 Å². The fourth-order valence-corrected chi connectivity index (χ4v) is 5.83. The first-order chi connectivity index (χ1) is 14.1. The fraction of sp³-hybridized carbons (Fsp3) is 0.500. The molecule has 1 aromatic carbocycles. The van der Waals surface area contributed by atoms with E-state index in [-0.39, 0.29) is 11.8 Å². The van der Waals surface area contributed by atoms with Gasteiger partial charge in [-0.3, -0.25) is 9.59 Å². The molecule has 0 radical (unpaired) electrons. The molecule has 1 aliphatic heterocycles. The minimum atomic E-state index is -0.450. The quantitative estimate of drug-likeness (QED) is 0.789. The summed E-state index contributed by atoms with van der Waals surface area (Å²) in [4.78, 5) is 29.1. The molecule has 5 heteroatoms. The van der Waals surface area contributed by atoms with Crippen molar-refractivity contribution in [3.63, 3.8) is 0 Å². The van der Waals surface area contributed by atoms with Crippen LogP contribution in [-0.4, -0.2) is 36.9 Å². The third kappa shape index (κ3) is 4.11. The molecule has 2 aromatic rings. The van der Waals surface area contributed by atoms with Gasteiger partial charge in [0, 0.05) is 30.9 Å². The predicted molar refractivity (Wildman–Crippen MR) is 118 cm³/mol. The smallest absolute Gasteiger partial charge is 0.226 e. The molecule has 2 fully saturated rings. The highest BCUT2D eigenvalue weighted by Crippen LogP contribution is 2.40. The van der Waals surface area contributed by atoms with Crippen molar-refractivity contribution < 1.29 is 9.59 Å².